The molecule has 0 aromatic heterocycles. The van der Waals surface area contributed by atoms with Crippen LogP contribution in [0.1, 0.15) is 51.9 Å². The Kier molecular flexibility index (Phi) is 8.59. The van der Waals surface area contributed by atoms with E-state index in [2.05, 4.69) is 12.3 Å². The van der Waals surface area contributed by atoms with Crippen molar-refractivity contribution in [3.05, 3.63) is 0 Å². The van der Waals surface area contributed by atoms with E-state index < -0.39 is 0 Å². The van der Waals surface area contributed by atoms with Gasteiger partial charge in [0.1, 0.15) is 0 Å². The van der Waals surface area contributed by atoms with Crippen LogP contribution in [-0.2, 0) is 9.47 Å². The van der Waals surface area contributed by atoms with E-state index in [1.807, 2.05) is 0 Å². The van der Waals surface area contributed by atoms with Gasteiger partial charge < -0.3 is 9.47 Å². The second-order valence-corrected chi connectivity index (χ2v) is 5.23. The molecule has 0 amide bonds. The summed E-state index contributed by atoms with van der Waals surface area (Å²) in [6, 6.07) is 0.253. The van der Waals surface area contributed by atoms with Gasteiger partial charge in [-0.1, -0.05) is 19.3 Å². The Hall–Kier alpha value is -0.160. The first-order valence-electron chi connectivity index (χ1n) is 7.40. The molecule has 0 radical (unpaired) electrons. The van der Waals surface area contributed by atoms with Crippen LogP contribution in [0.4, 0.5) is 0 Å². The highest BCUT2D eigenvalue weighted by Crippen LogP contribution is 2.30. The number of methoxy groups -OCH3 is 1. The van der Waals surface area contributed by atoms with Gasteiger partial charge >= 0.3 is 0 Å². The molecule has 0 bridgehead atoms. The van der Waals surface area contributed by atoms with E-state index in [-0.39, 0.29) is 12.1 Å². The van der Waals surface area contributed by atoms with Crippen LogP contribution in [0.5, 0.6) is 0 Å². The summed E-state index contributed by atoms with van der Waals surface area (Å²) in [4.78, 5) is 0. The van der Waals surface area contributed by atoms with Gasteiger partial charge in [0.2, 0.25) is 0 Å². The first-order chi connectivity index (χ1) is 8.83. The Balaban J connectivity index is 2.49. The number of nitrogens with one attached hydrogen (secondary N) is 1. The van der Waals surface area contributed by atoms with E-state index in [1.165, 1.54) is 32.1 Å². The molecule has 1 aliphatic rings. The number of hydrogen-bond acceptors (Lipinski definition) is 4. The molecule has 0 spiro atoms. The van der Waals surface area contributed by atoms with E-state index in [4.69, 9.17) is 15.3 Å². The molecule has 0 aromatic rings. The van der Waals surface area contributed by atoms with E-state index in [0.717, 1.165) is 26.1 Å². The SMILES string of the molecule is CCOC(C1CCCCC1)C(CCCOC)NN. The van der Waals surface area contributed by atoms with Crippen molar-refractivity contribution in [2.45, 2.75) is 64.0 Å². The summed E-state index contributed by atoms with van der Waals surface area (Å²) >= 11 is 0. The summed E-state index contributed by atoms with van der Waals surface area (Å²) in [7, 11) is 1.74. The predicted molar refractivity (Wildman–Crippen MR) is 74.2 cm³/mol. The minimum absolute atomic E-state index is 0.253. The average molecular weight is 258 g/mol. The lowest BCUT2D eigenvalue weighted by Crippen LogP contribution is -2.49. The molecule has 4 heteroatoms. The van der Waals surface area contributed by atoms with Crippen molar-refractivity contribution in [1.82, 2.24) is 5.43 Å². The van der Waals surface area contributed by atoms with Crippen LogP contribution in [0, 0.1) is 5.92 Å². The van der Waals surface area contributed by atoms with Gasteiger partial charge in [-0.05, 0) is 38.5 Å². The third-order valence-corrected chi connectivity index (χ3v) is 3.95. The molecule has 0 saturated heterocycles. The van der Waals surface area contributed by atoms with Gasteiger partial charge in [0, 0.05) is 26.4 Å². The molecule has 3 N–H and O–H groups in total. The van der Waals surface area contributed by atoms with Crippen molar-refractivity contribution < 1.29 is 9.47 Å². The lowest BCUT2D eigenvalue weighted by Gasteiger charge is -2.35. The van der Waals surface area contributed by atoms with Crippen LogP contribution in [0.2, 0.25) is 0 Å². The van der Waals surface area contributed by atoms with Crippen molar-refractivity contribution in [3.8, 4) is 0 Å². The van der Waals surface area contributed by atoms with Gasteiger partial charge in [-0.25, -0.2) is 0 Å². The first-order valence-corrected chi connectivity index (χ1v) is 7.40. The van der Waals surface area contributed by atoms with Crippen molar-refractivity contribution in [2.75, 3.05) is 20.3 Å². The highest BCUT2D eigenvalue weighted by atomic mass is 16.5. The number of hydrazine groups is 1. The molecular weight excluding hydrogens is 228 g/mol. The van der Waals surface area contributed by atoms with E-state index in [0.29, 0.717) is 5.92 Å². The summed E-state index contributed by atoms with van der Waals surface area (Å²) < 4.78 is 11.1. The molecule has 108 valence electrons. The maximum absolute atomic E-state index is 5.98. The van der Waals surface area contributed by atoms with Gasteiger partial charge in [-0.3, -0.25) is 11.3 Å². The fraction of sp³-hybridized carbons (Fsp3) is 1.00. The molecule has 18 heavy (non-hydrogen) atoms. The summed E-state index contributed by atoms with van der Waals surface area (Å²) in [5, 5.41) is 0. The van der Waals surface area contributed by atoms with Gasteiger partial charge in [0.05, 0.1) is 6.10 Å². The lowest BCUT2D eigenvalue weighted by molar-refractivity contribution is -0.0208. The fourth-order valence-corrected chi connectivity index (χ4v) is 3.03. The minimum Gasteiger partial charge on any atom is -0.385 e. The Morgan fingerprint density at radius 1 is 1.28 bits per heavy atom. The topological polar surface area (TPSA) is 56.5 Å². The summed E-state index contributed by atoms with van der Waals surface area (Å²) in [5.41, 5.74) is 2.96. The van der Waals surface area contributed by atoms with Crippen molar-refractivity contribution in [3.63, 3.8) is 0 Å². The molecular formula is C14H30N2O2. The zero-order valence-corrected chi connectivity index (χ0v) is 12.0. The van der Waals surface area contributed by atoms with Crippen molar-refractivity contribution >= 4 is 0 Å². The Bertz CT molecular complexity index is 196. The minimum atomic E-state index is 0.253. The number of hydrogen-bond donors (Lipinski definition) is 2. The molecule has 1 aliphatic carbocycles. The first kappa shape index (κ1) is 15.9. The summed E-state index contributed by atoms with van der Waals surface area (Å²) in [6.45, 7) is 3.63. The average Bonchev–Trinajstić information content (AvgIpc) is 2.43. The second-order valence-electron chi connectivity index (χ2n) is 5.23. The van der Waals surface area contributed by atoms with Crippen LogP contribution in [0.3, 0.4) is 0 Å². The smallest absolute Gasteiger partial charge is 0.0769 e. The van der Waals surface area contributed by atoms with Gasteiger partial charge in [-0.15, -0.1) is 0 Å². The maximum Gasteiger partial charge on any atom is 0.0769 e. The Morgan fingerprint density at radius 3 is 2.56 bits per heavy atom. The molecule has 1 saturated carbocycles. The van der Waals surface area contributed by atoms with E-state index in [1.54, 1.807) is 7.11 Å². The quantitative estimate of drug-likeness (QED) is 0.378. The van der Waals surface area contributed by atoms with Crippen LogP contribution >= 0.6 is 0 Å². The third-order valence-electron chi connectivity index (χ3n) is 3.95. The molecule has 4 nitrogen and oxygen atoms in total. The molecule has 0 aromatic carbocycles. The van der Waals surface area contributed by atoms with Crippen LogP contribution in [0.15, 0.2) is 0 Å². The summed E-state index contributed by atoms with van der Waals surface area (Å²) in [6.07, 6.45) is 8.93. The Labute approximate surface area is 112 Å². The fourth-order valence-electron chi connectivity index (χ4n) is 3.03. The standard InChI is InChI=1S/C14H30N2O2/c1-3-18-14(12-8-5-4-6-9-12)13(16-15)10-7-11-17-2/h12-14,16H,3-11,15H2,1-2H3. The van der Waals surface area contributed by atoms with Crippen LogP contribution < -0.4 is 11.3 Å². The van der Waals surface area contributed by atoms with E-state index >= 15 is 0 Å². The zero-order valence-electron chi connectivity index (χ0n) is 12.0. The van der Waals surface area contributed by atoms with Gasteiger partial charge in [0.15, 0.2) is 0 Å². The number of rotatable bonds is 9. The zero-order chi connectivity index (χ0) is 13.2. The third kappa shape index (κ3) is 5.22. The lowest BCUT2D eigenvalue weighted by atomic mass is 9.81. The van der Waals surface area contributed by atoms with E-state index in [9.17, 15) is 0 Å². The summed E-state index contributed by atoms with van der Waals surface area (Å²) in [5.74, 6) is 6.39. The van der Waals surface area contributed by atoms with Crippen molar-refractivity contribution in [2.24, 2.45) is 11.8 Å². The maximum atomic E-state index is 5.98. The molecule has 1 fully saturated rings. The molecule has 2 atom stereocenters. The van der Waals surface area contributed by atoms with Crippen LogP contribution in [-0.4, -0.2) is 32.5 Å². The normalized spacial score (nSPS) is 20.8. The molecule has 0 aliphatic heterocycles. The highest BCUT2D eigenvalue weighted by molar-refractivity contribution is 4.83. The molecule has 2 unspecified atom stereocenters. The van der Waals surface area contributed by atoms with Crippen LogP contribution in [0.25, 0.3) is 0 Å². The van der Waals surface area contributed by atoms with Gasteiger partial charge in [-0.2, -0.15) is 0 Å². The second kappa shape index (κ2) is 9.73. The van der Waals surface area contributed by atoms with Gasteiger partial charge in [0.25, 0.3) is 0 Å². The monoisotopic (exact) mass is 258 g/mol. The molecule has 0 heterocycles. The largest absolute Gasteiger partial charge is 0.385 e. The van der Waals surface area contributed by atoms with Crippen molar-refractivity contribution in [1.29, 1.82) is 0 Å². The number of nitrogens with two attached hydrogens (primary N) is 1. The highest BCUT2D eigenvalue weighted by Gasteiger charge is 2.30. The molecule has 1 rings (SSSR count). The number of ether oxygens (including phenoxy) is 2. The predicted octanol–water partition coefficient (Wildman–Crippen LogP) is 2.23. The Morgan fingerprint density at radius 2 is 2.00 bits per heavy atom.